The molecule has 0 bridgehead atoms. The van der Waals surface area contributed by atoms with E-state index in [1.807, 2.05) is 0 Å². The van der Waals surface area contributed by atoms with Gasteiger partial charge in [0, 0.05) is 18.0 Å². The highest BCUT2D eigenvalue weighted by molar-refractivity contribution is 5.56. The fourth-order valence-corrected chi connectivity index (χ4v) is 1.26. The van der Waals surface area contributed by atoms with Crippen molar-refractivity contribution >= 4 is 0 Å². The van der Waals surface area contributed by atoms with Crippen LogP contribution in [0.25, 0.3) is 11.4 Å². The standard InChI is InChI=1S/C11H5F2N3/c12-9-4-7(5-10(13)8(9)6-14)11-15-2-1-3-16-11/h1-5H. The van der Waals surface area contributed by atoms with Gasteiger partial charge in [-0.15, -0.1) is 0 Å². The van der Waals surface area contributed by atoms with E-state index in [2.05, 4.69) is 9.97 Å². The molecule has 1 aromatic carbocycles. The average molecular weight is 217 g/mol. The fourth-order valence-electron chi connectivity index (χ4n) is 1.26. The van der Waals surface area contributed by atoms with E-state index >= 15 is 0 Å². The van der Waals surface area contributed by atoms with Gasteiger partial charge in [-0.1, -0.05) is 0 Å². The Balaban J connectivity index is 2.58. The van der Waals surface area contributed by atoms with Gasteiger partial charge in [0.15, 0.2) is 5.82 Å². The molecule has 2 aromatic rings. The molecule has 1 heterocycles. The Hall–Kier alpha value is -2.35. The van der Waals surface area contributed by atoms with Crippen LogP contribution in [0.15, 0.2) is 30.6 Å². The minimum Gasteiger partial charge on any atom is -0.237 e. The molecular formula is C11H5F2N3. The van der Waals surface area contributed by atoms with Crippen LogP contribution in [0.2, 0.25) is 0 Å². The molecule has 0 fully saturated rings. The van der Waals surface area contributed by atoms with Crippen molar-refractivity contribution in [2.24, 2.45) is 0 Å². The van der Waals surface area contributed by atoms with Crippen molar-refractivity contribution in [3.8, 4) is 17.5 Å². The number of hydrogen-bond donors (Lipinski definition) is 0. The smallest absolute Gasteiger partial charge is 0.159 e. The van der Waals surface area contributed by atoms with Crippen LogP contribution in [0.4, 0.5) is 8.78 Å². The van der Waals surface area contributed by atoms with E-state index in [1.54, 1.807) is 6.07 Å². The summed E-state index contributed by atoms with van der Waals surface area (Å²) in [6, 6.07) is 5.13. The Morgan fingerprint density at radius 3 is 2.12 bits per heavy atom. The highest BCUT2D eigenvalue weighted by atomic mass is 19.1. The van der Waals surface area contributed by atoms with Crippen LogP contribution in [-0.4, -0.2) is 9.97 Å². The lowest BCUT2D eigenvalue weighted by molar-refractivity contribution is 0.577. The van der Waals surface area contributed by atoms with Crippen LogP contribution >= 0.6 is 0 Å². The van der Waals surface area contributed by atoms with Crippen LogP contribution in [0.3, 0.4) is 0 Å². The molecule has 1 aromatic heterocycles. The Labute approximate surface area is 90.0 Å². The van der Waals surface area contributed by atoms with Gasteiger partial charge in [0.05, 0.1) is 0 Å². The summed E-state index contributed by atoms with van der Waals surface area (Å²) in [7, 11) is 0. The largest absolute Gasteiger partial charge is 0.237 e. The monoisotopic (exact) mass is 217 g/mol. The third-order valence-electron chi connectivity index (χ3n) is 1.98. The molecule has 0 aliphatic carbocycles. The van der Waals surface area contributed by atoms with Crippen molar-refractivity contribution < 1.29 is 8.78 Å². The molecule has 0 N–H and O–H groups in total. The topological polar surface area (TPSA) is 49.6 Å². The van der Waals surface area contributed by atoms with Gasteiger partial charge in [0.25, 0.3) is 0 Å². The second kappa shape index (κ2) is 4.03. The molecule has 0 amide bonds. The Morgan fingerprint density at radius 1 is 1.06 bits per heavy atom. The molecule has 0 saturated carbocycles. The van der Waals surface area contributed by atoms with Gasteiger partial charge in [-0.05, 0) is 18.2 Å². The van der Waals surface area contributed by atoms with E-state index in [-0.39, 0.29) is 11.4 Å². The molecule has 5 heteroatoms. The lowest BCUT2D eigenvalue weighted by Gasteiger charge is -2.01. The van der Waals surface area contributed by atoms with Crippen molar-refractivity contribution in [2.45, 2.75) is 0 Å². The summed E-state index contributed by atoms with van der Waals surface area (Å²) < 4.78 is 26.6. The first-order valence-corrected chi connectivity index (χ1v) is 4.39. The van der Waals surface area contributed by atoms with Gasteiger partial charge in [-0.25, -0.2) is 18.7 Å². The number of halogens is 2. The highest BCUT2D eigenvalue weighted by Crippen LogP contribution is 2.20. The third kappa shape index (κ3) is 1.73. The zero-order valence-corrected chi connectivity index (χ0v) is 7.98. The minimum absolute atomic E-state index is 0.203. The van der Waals surface area contributed by atoms with E-state index in [0.29, 0.717) is 0 Å². The predicted octanol–water partition coefficient (Wildman–Crippen LogP) is 2.29. The lowest BCUT2D eigenvalue weighted by Crippen LogP contribution is -1.94. The Morgan fingerprint density at radius 2 is 1.62 bits per heavy atom. The van der Waals surface area contributed by atoms with Crippen molar-refractivity contribution in [2.75, 3.05) is 0 Å². The summed E-state index contributed by atoms with van der Waals surface area (Å²) in [6.07, 6.45) is 2.94. The van der Waals surface area contributed by atoms with Gasteiger partial charge in [-0.3, -0.25) is 0 Å². The minimum atomic E-state index is -0.912. The maximum atomic E-state index is 13.3. The van der Waals surface area contributed by atoms with Crippen molar-refractivity contribution in [3.05, 3.63) is 47.8 Å². The number of aromatic nitrogens is 2. The first-order valence-electron chi connectivity index (χ1n) is 4.39. The van der Waals surface area contributed by atoms with Crippen LogP contribution in [0, 0.1) is 23.0 Å². The summed E-state index contributed by atoms with van der Waals surface area (Å²) in [4.78, 5) is 7.72. The average Bonchev–Trinajstić information content (AvgIpc) is 2.30. The Kier molecular flexibility index (Phi) is 2.56. The number of nitrogens with zero attached hydrogens (tertiary/aromatic N) is 3. The number of rotatable bonds is 1. The molecule has 0 spiro atoms. The summed E-state index contributed by atoms with van der Waals surface area (Å²) in [5, 5.41) is 8.50. The van der Waals surface area contributed by atoms with Gasteiger partial charge < -0.3 is 0 Å². The van der Waals surface area contributed by atoms with Gasteiger partial charge in [0.2, 0.25) is 0 Å². The van der Waals surface area contributed by atoms with Crippen LogP contribution in [0.1, 0.15) is 5.56 Å². The number of benzene rings is 1. The van der Waals surface area contributed by atoms with Crippen LogP contribution < -0.4 is 0 Å². The summed E-state index contributed by atoms with van der Waals surface area (Å²) in [6.45, 7) is 0. The predicted molar refractivity (Wildman–Crippen MR) is 52.1 cm³/mol. The maximum absolute atomic E-state index is 13.3. The SMILES string of the molecule is N#Cc1c(F)cc(-c2ncccn2)cc1F. The van der Waals surface area contributed by atoms with Crippen molar-refractivity contribution in [1.29, 1.82) is 5.26 Å². The Bertz CT molecular complexity index is 538. The summed E-state index contributed by atoms with van der Waals surface area (Å²) >= 11 is 0. The molecule has 0 unspecified atom stereocenters. The van der Waals surface area contributed by atoms with E-state index < -0.39 is 17.2 Å². The van der Waals surface area contributed by atoms with Crippen LogP contribution in [0.5, 0.6) is 0 Å². The zero-order valence-electron chi connectivity index (χ0n) is 7.98. The highest BCUT2D eigenvalue weighted by Gasteiger charge is 2.12. The fraction of sp³-hybridized carbons (Fsp3) is 0. The van der Waals surface area contributed by atoms with Gasteiger partial charge >= 0.3 is 0 Å². The molecule has 2 rings (SSSR count). The molecule has 0 saturated heterocycles. The number of hydrogen-bond acceptors (Lipinski definition) is 3. The molecule has 0 radical (unpaired) electrons. The molecule has 0 atom stereocenters. The first kappa shape index (κ1) is 10.2. The van der Waals surface area contributed by atoms with Gasteiger partial charge in [0.1, 0.15) is 23.3 Å². The summed E-state index contributed by atoms with van der Waals surface area (Å²) in [5.74, 6) is -1.61. The molecule has 0 aliphatic heterocycles. The maximum Gasteiger partial charge on any atom is 0.159 e. The third-order valence-corrected chi connectivity index (χ3v) is 1.98. The molecule has 3 nitrogen and oxygen atoms in total. The van der Waals surface area contributed by atoms with E-state index in [9.17, 15) is 8.78 Å². The zero-order chi connectivity index (χ0) is 11.5. The van der Waals surface area contributed by atoms with E-state index in [4.69, 9.17) is 5.26 Å². The second-order valence-electron chi connectivity index (χ2n) is 3.00. The molecule has 0 aliphatic rings. The van der Waals surface area contributed by atoms with Gasteiger partial charge in [-0.2, -0.15) is 5.26 Å². The lowest BCUT2D eigenvalue weighted by atomic mass is 10.1. The normalized spacial score (nSPS) is 9.81. The second-order valence-corrected chi connectivity index (χ2v) is 3.00. The van der Waals surface area contributed by atoms with E-state index in [1.165, 1.54) is 18.5 Å². The van der Waals surface area contributed by atoms with Crippen molar-refractivity contribution in [1.82, 2.24) is 9.97 Å². The van der Waals surface area contributed by atoms with Crippen LogP contribution in [-0.2, 0) is 0 Å². The van der Waals surface area contributed by atoms with Crippen molar-refractivity contribution in [3.63, 3.8) is 0 Å². The quantitative estimate of drug-likeness (QED) is 0.736. The van der Waals surface area contributed by atoms with E-state index in [0.717, 1.165) is 12.1 Å². The molecular weight excluding hydrogens is 212 g/mol. The number of nitriles is 1. The first-order chi connectivity index (χ1) is 7.72. The summed E-state index contributed by atoms with van der Waals surface area (Å²) in [5.41, 5.74) is -0.394. The molecule has 16 heavy (non-hydrogen) atoms. The molecule has 78 valence electrons.